The lowest BCUT2D eigenvalue weighted by Gasteiger charge is -2.31. The van der Waals surface area contributed by atoms with Crippen LogP contribution in [0.2, 0.25) is 0 Å². The van der Waals surface area contributed by atoms with Gasteiger partial charge < -0.3 is 82.2 Å². The molecule has 0 bridgehead atoms. The van der Waals surface area contributed by atoms with Crippen molar-refractivity contribution >= 4 is 76.9 Å². The molecule has 0 spiro atoms. The van der Waals surface area contributed by atoms with E-state index in [1.165, 1.54) is 18.7 Å². The minimum absolute atomic E-state index is 0.0127. The van der Waals surface area contributed by atoms with Crippen molar-refractivity contribution in [3.63, 3.8) is 0 Å². The SMILES string of the molecule is CCC(C)[C@@H]1NC(=O)[C@H](Cc2ccccc2)NC(=O)[C@H](Cc2ccc(CCc3ccccc3)cc2)NC(=O)[C@@H](NC(=O)[C@@H](NC(=O)[C@H](COCc2ccccc2)NC(=O)[C@H](Cc2ccc(CCc3ccccc3)cc2)NC(=O)COCCOCCNC(=O)[C@H](CC)NC(=O)OC(C)(C)C)C(C)OCc2ccccc2)CNC(=O)[C@H](CCSC)NC1=O. The Hall–Kier alpha value is -11.3. The molecule has 0 aliphatic carbocycles. The van der Waals surface area contributed by atoms with Gasteiger partial charge in [0.2, 0.25) is 59.1 Å². The highest BCUT2D eigenvalue weighted by Gasteiger charge is 2.39. The molecule has 0 radical (unpaired) electrons. The Morgan fingerprint density at radius 2 is 0.942 bits per heavy atom. The number of thioether (sulfide) groups is 1. The van der Waals surface area contributed by atoms with E-state index in [4.69, 9.17) is 23.7 Å². The van der Waals surface area contributed by atoms with Crippen LogP contribution >= 0.6 is 11.8 Å². The maximum Gasteiger partial charge on any atom is 0.408 e. The largest absolute Gasteiger partial charge is 0.444 e. The van der Waals surface area contributed by atoms with Gasteiger partial charge in [-0.1, -0.05) is 227 Å². The lowest BCUT2D eigenvalue weighted by Crippen LogP contribution is -2.65. The molecule has 1 heterocycles. The van der Waals surface area contributed by atoms with Crippen molar-refractivity contribution in [3.8, 4) is 0 Å². The number of carbonyl (C=O) groups excluding carboxylic acids is 11. The Morgan fingerprint density at radius 1 is 0.463 bits per heavy atom. The van der Waals surface area contributed by atoms with Gasteiger partial charge in [0.05, 0.1) is 45.7 Å². The summed E-state index contributed by atoms with van der Waals surface area (Å²) in [6.07, 6.45) is 3.40. The van der Waals surface area contributed by atoms with Crippen molar-refractivity contribution in [2.24, 2.45) is 5.92 Å². The average Bonchev–Trinajstić information content (AvgIpc) is 0.832. The summed E-state index contributed by atoms with van der Waals surface area (Å²) in [5, 5.41) is 30.8. The molecule has 7 aromatic carbocycles. The van der Waals surface area contributed by atoms with E-state index in [9.17, 15) is 28.8 Å². The second kappa shape index (κ2) is 50.7. The molecule has 1 aliphatic rings. The van der Waals surface area contributed by atoms with Gasteiger partial charge >= 0.3 is 6.09 Å². The first-order chi connectivity index (χ1) is 58.3. The molecule has 11 atom stereocenters. The van der Waals surface area contributed by atoms with Crippen molar-refractivity contribution in [3.05, 3.63) is 250 Å². The van der Waals surface area contributed by atoms with E-state index in [1.807, 2.05) is 128 Å². The monoisotopic (exact) mass is 1680 g/mol. The minimum Gasteiger partial charge on any atom is -0.444 e. The standard InChI is InChI=1S/C93H119N11O16S/c1-9-62(3)81-90(113)97-74(48-53-121-8)84(107)95-57-78(88(111)99-76(86(109)98-77(87(110)103-81)54-68-30-20-13-21-31-68)56-70-46-42-67(43-47-70)39-37-65-28-18-12-19-29-65)100-91(114)82(63(4)119-59-72-34-24-15-25-35-72)104-89(112)79(60-118-58-71-32-22-14-23-33-71)101-85(108)75(55-69-44-40-66(41-45-69)38-36-64-26-16-11-17-27-64)96-80(105)61-117-52-51-116-50-49-94-83(106)73(10-2)102-92(115)120-93(5,6)7/h11-35,40-47,62-63,73-79,81-82H,9-10,36-39,48-61H2,1-8H3,(H,94,106)(H,95,107)(H,96,105)(H,97,113)(H,98,109)(H,99,111)(H,100,114)(H,101,108)(H,102,115)(H,103,110)(H,104,112)/t62?,63?,73-,74-,75-,76-,77-,78-,79-,81-,82-/m0/s1. The molecule has 0 aromatic heterocycles. The van der Waals surface area contributed by atoms with E-state index in [-0.39, 0.29) is 65.3 Å². The van der Waals surface area contributed by atoms with Gasteiger partial charge in [-0.05, 0) is 134 Å². The van der Waals surface area contributed by atoms with Crippen LogP contribution in [0.4, 0.5) is 4.79 Å². The number of aryl methyl sites for hydroxylation is 4. The second-order valence-corrected chi connectivity index (χ2v) is 32.1. The molecule has 28 heteroatoms. The number of nitrogens with one attached hydrogen (secondary N) is 11. The number of rotatable bonds is 43. The molecule has 1 fully saturated rings. The Bertz CT molecular complexity index is 4400. The van der Waals surface area contributed by atoms with Crippen LogP contribution in [0.1, 0.15) is 118 Å². The molecule has 1 aliphatic heterocycles. The van der Waals surface area contributed by atoms with Crippen LogP contribution in [-0.4, -0.2) is 189 Å². The zero-order chi connectivity index (χ0) is 86.9. The lowest BCUT2D eigenvalue weighted by atomic mass is 9.96. The van der Waals surface area contributed by atoms with Gasteiger partial charge in [-0.3, -0.25) is 47.9 Å². The second-order valence-electron chi connectivity index (χ2n) is 31.1. The van der Waals surface area contributed by atoms with Gasteiger partial charge in [-0.25, -0.2) is 4.79 Å². The van der Waals surface area contributed by atoms with Crippen LogP contribution in [0.25, 0.3) is 0 Å². The number of amides is 11. The zero-order valence-electron chi connectivity index (χ0n) is 70.5. The van der Waals surface area contributed by atoms with Crippen molar-refractivity contribution in [1.29, 1.82) is 0 Å². The van der Waals surface area contributed by atoms with Crippen LogP contribution in [0.3, 0.4) is 0 Å². The fourth-order valence-electron chi connectivity index (χ4n) is 13.2. The zero-order valence-corrected chi connectivity index (χ0v) is 71.3. The average molecular weight is 1680 g/mol. The van der Waals surface area contributed by atoms with Crippen LogP contribution in [0.15, 0.2) is 200 Å². The van der Waals surface area contributed by atoms with Crippen molar-refractivity contribution in [1.82, 2.24) is 58.5 Å². The molecule has 0 saturated carbocycles. The summed E-state index contributed by atoms with van der Waals surface area (Å²) < 4.78 is 29.3. The highest BCUT2D eigenvalue weighted by atomic mass is 32.2. The summed E-state index contributed by atoms with van der Waals surface area (Å²) in [7, 11) is 0. The van der Waals surface area contributed by atoms with E-state index >= 15 is 24.0 Å². The van der Waals surface area contributed by atoms with Crippen LogP contribution < -0.4 is 58.5 Å². The molecular formula is C93H119N11O16S. The van der Waals surface area contributed by atoms with Gasteiger partial charge in [-0.15, -0.1) is 0 Å². The first-order valence-corrected chi connectivity index (χ1v) is 42.9. The van der Waals surface area contributed by atoms with Crippen molar-refractivity contribution < 1.29 is 76.4 Å². The van der Waals surface area contributed by atoms with Crippen LogP contribution in [-0.2, 0) is 130 Å². The van der Waals surface area contributed by atoms with E-state index in [0.717, 1.165) is 47.1 Å². The third kappa shape index (κ3) is 34.0. The number of benzene rings is 7. The first kappa shape index (κ1) is 95.2. The van der Waals surface area contributed by atoms with Gasteiger partial charge in [0.15, 0.2) is 0 Å². The van der Waals surface area contributed by atoms with Crippen LogP contribution in [0.5, 0.6) is 0 Å². The number of hydrogen-bond donors (Lipinski definition) is 11. The fraction of sp³-hybridized carbons (Fsp3) is 0.430. The third-order valence-corrected chi connectivity index (χ3v) is 21.0. The van der Waals surface area contributed by atoms with Gasteiger partial charge in [0.1, 0.15) is 66.6 Å². The number of hydrogen-bond acceptors (Lipinski definition) is 17. The summed E-state index contributed by atoms with van der Waals surface area (Å²) >= 11 is 1.42. The molecule has 1 saturated heterocycles. The third-order valence-electron chi connectivity index (χ3n) is 20.4. The van der Waals surface area contributed by atoms with E-state index < -0.39 is 157 Å². The Kier molecular flexibility index (Phi) is 39.9. The molecule has 8 rings (SSSR count). The summed E-state index contributed by atoms with van der Waals surface area (Å²) in [6, 6.07) is 49.7. The highest BCUT2D eigenvalue weighted by molar-refractivity contribution is 7.98. The van der Waals surface area contributed by atoms with Crippen LogP contribution in [0, 0.1) is 5.92 Å². The van der Waals surface area contributed by atoms with Crippen molar-refractivity contribution in [2.45, 2.75) is 192 Å². The predicted molar refractivity (Wildman–Crippen MR) is 464 cm³/mol. The maximum atomic E-state index is 15.7. The summed E-state index contributed by atoms with van der Waals surface area (Å²) in [5.41, 5.74) is 6.91. The molecule has 11 amide bonds. The number of carbonyl (C=O) groups is 11. The summed E-state index contributed by atoms with van der Waals surface area (Å²) in [6.45, 7) is 10.4. The van der Waals surface area contributed by atoms with E-state index in [0.29, 0.717) is 47.3 Å². The Balaban J connectivity index is 1.09. The smallest absolute Gasteiger partial charge is 0.408 e. The first-order valence-electron chi connectivity index (χ1n) is 41.5. The quantitative estimate of drug-likeness (QED) is 0.0166. The van der Waals surface area contributed by atoms with Gasteiger partial charge in [0, 0.05) is 32.4 Å². The molecular weight excluding hydrogens is 1560 g/mol. The molecule has 27 nitrogen and oxygen atoms in total. The maximum absolute atomic E-state index is 15.7. The van der Waals surface area contributed by atoms with Gasteiger partial charge in [0.25, 0.3) is 0 Å². The van der Waals surface area contributed by atoms with E-state index in [2.05, 4.69) is 82.8 Å². The fourth-order valence-corrected chi connectivity index (χ4v) is 13.7. The predicted octanol–water partition coefficient (Wildman–Crippen LogP) is 7.37. The summed E-state index contributed by atoms with van der Waals surface area (Å²) in [5.74, 6) is -7.91. The number of ether oxygens (including phenoxy) is 5. The lowest BCUT2D eigenvalue weighted by molar-refractivity contribution is -0.139. The van der Waals surface area contributed by atoms with Crippen molar-refractivity contribution in [2.75, 3.05) is 58.1 Å². The molecule has 7 aromatic rings. The molecule has 648 valence electrons. The Morgan fingerprint density at radius 3 is 1.49 bits per heavy atom. The topological polar surface area (TPSA) is 366 Å². The normalized spacial score (nSPS) is 17.5. The van der Waals surface area contributed by atoms with E-state index in [1.54, 1.807) is 95.3 Å². The number of alkyl carbamates (subject to hydrolysis) is 1. The Labute approximate surface area is 714 Å². The molecule has 11 N–H and O–H groups in total. The molecule has 2 unspecified atom stereocenters. The minimum atomic E-state index is -1.76. The van der Waals surface area contributed by atoms with Gasteiger partial charge in [-0.2, -0.15) is 11.8 Å². The molecule has 121 heavy (non-hydrogen) atoms. The highest BCUT2D eigenvalue weighted by Crippen LogP contribution is 2.19. The summed E-state index contributed by atoms with van der Waals surface area (Å²) in [4.78, 5) is 161.